The van der Waals surface area contributed by atoms with E-state index in [1.54, 1.807) is 19.1 Å². The van der Waals surface area contributed by atoms with E-state index in [1.807, 2.05) is 13.8 Å². The van der Waals surface area contributed by atoms with Crippen molar-refractivity contribution in [1.29, 1.82) is 0 Å². The van der Waals surface area contributed by atoms with Crippen LogP contribution < -0.4 is 0 Å². The van der Waals surface area contributed by atoms with Crippen LogP contribution in [0.1, 0.15) is 26.7 Å². The molecule has 19 heavy (non-hydrogen) atoms. The van der Waals surface area contributed by atoms with E-state index in [-0.39, 0.29) is 29.6 Å². The Morgan fingerprint density at radius 3 is 2.32 bits per heavy atom. The molecular weight excluding hydrogens is 246 g/mol. The van der Waals surface area contributed by atoms with E-state index < -0.39 is 0 Å². The SMILES string of the molecule is COCC(C)C(=O)C1CCCN1C(=O)C(C)COC. The average molecular weight is 271 g/mol. The van der Waals surface area contributed by atoms with Gasteiger partial charge >= 0.3 is 0 Å². The van der Waals surface area contributed by atoms with Gasteiger partial charge in [-0.15, -0.1) is 0 Å². The van der Waals surface area contributed by atoms with Crippen molar-refractivity contribution >= 4 is 11.7 Å². The fraction of sp³-hybridized carbons (Fsp3) is 0.857. The van der Waals surface area contributed by atoms with Gasteiger partial charge in [0.25, 0.3) is 0 Å². The largest absolute Gasteiger partial charge is 0.384 e. The molecule has 1 aliphatic heterocycles. The number of methoxy groups -OCH3 is 2. The van der Waals surface area contributed by atoms with Crippen LogP contribution in [0, 0.1) is 11.8 Å². The lowest BCUT2D eigenvalue weighted by Crippen LogP contribution is -2.45. The summed E-state index contributed by atoms with van der Waals surface area (Å²) in [5.41, 5.74) is 0. The number of carbonyl (C=O) groups is 2. The number of rotatable bonds is 7. The summed E-state index contributed by atoms with van der Waals surface area (Å²) in [5, 5.41) is 0. The number of nitrogens with zero attached hydrogens (tertiary/aromatic N) is 1. The summed E-state index contributed by atoms with van der Waals surface area (Å²) < 4.78 is 10.0. The maximum Gasteiger partial charge on any atom is 0.228 e. The number of ketones is 1. The summed E-state index contributed by atoms with van der Waals surface area (Å²) in [4.78, 5) is 26.3. The predicted molar refractivity (Wildman–Crippen MR) is 71.8 cm³/mol. The van der Waals surface area contributed by atoms with Crippen molar-refractivity contribution in [3.8, 4) is 0 Å². The van der Waals surface area contributed by atoms with Crippen molar-refractivity contribution in [3.63, 3.8) is 0 Å². The minimum absolute atomic E-state index is 0.0160. The number of hydrogen-bond donors (Lipinski definition) is 0. The smallest absolute Gasteiger partial charge is 0.228 e. The van der Waals surface area contributed by atoms with Crippen LogP contribution in [0.3, 0.4) is 0 Å². The molecule has 0 aromatic carbocycles. The van der Waals surface area contributed by atoms with Crippen LogP contribution >= 0.6 is 0 Å². The first kappa shape index (κ1) is 16.1. The molecule has 0 saturated carbocycles. The Morgan fingerprint density at radius 1 is 1.16 bits per heavy atom. The van der Waals surface area contributed by atoms with Crippen molar-refractivity contribution < 1.29 is 19.1 Å². The number of amides is 1. The van der Waals surface area contributed by atoms with Gasteiger partial charge < -0.3 is 14.4 Å². The zero-order valence-corrected chi connectivity index (χ0v) is 12.3. The lowest BCUT2D eigenvalue weighted by atomic mass is 9.98. The summed E-state index contributed by atoms with van der Waals surface area (Å²) in [6, 6.07) is -0.281. The summed E-state index contributed by atoms with van der Waals surface area (Å²) >= 11 is 0. The fourth-order valence-electron chi connectivity index (χ4n) is 2.59. The highest BCUT2D eigenvalue weighted by Crippen LogP contribution is 2.23. The third-order valence-electron chi connectivity index (χ3n) is 3.60. The molecule has 0 aromatic heterocycles. The summed E-state index contributed by atoms with van der Waals surface area (Å²) in [7, 11) is 3.17. The first-order valence-electron chi connectivity index (χ1n) is 6.85. The van der Waals surface area contributed by atoms with E-state index in [4.69, 9.17) is 9.47 Å². The fourth-order valence-corrected chi connectivity index (χ4v) is 2.59. The topological polar surface area (TPSA) is 55.8 Å². The molecule has 3 atom stereocenters. The molecule has 1 rings (SSSR count). The number of Topliss-reactive ketones (excluding diaryl/α,β-unsaturated/α-hetero) is 1. The highest BCUT2D eigenvalue weighted by Gasteiger charge is 2.37. The molecule has 0 radical (unpaired) electrons. The van der Waals surface area contributed by atoms with Gasteiger partial charge in [-0.25, -0.2) is 0 Å². The van der Waals surface area contributed by atoms with E-state index >= 15 is 0 Å². The van der Waals surface area contributed by atoms with E-state index in [0.29, 0.717) is 19.8 Å². The first-order valence-corrected chi connectivity index (χ1v) is 6.85. The van der Waals surface area contributed by atoms with Gasteiger partial charge in [-0.05, 0) is 12.8 Å². The average Bonchev–Trinajstić information content (AvgIpc) is 2.86. The molecule has 0 spiro atoms. The molecule has 0 N–H and O–H groups in total. The molecule has 1 saturated heterocycles. The van der Waals surface area contributed by atoms with Crippen LogP contribution in [0.15, 0.2) is 0 Å². The Hall–Kier alpha value is -0.940. The number of hydrogen-bond acceptors (Lipinski definition) is 4. The van der Waals surface area contributed by atoms with Gasteiger partial charge in [0.15, 0.2) is 5.78 Å². The standard InChI is InChI=1S/C14H25NO4/c1-10(8-18-3)13(16)12-6-5-7-15(12)14(17)11(2)9-19-4/h10-12H,5-9H2,1-4H3. The quantitative estimate of drug-likeness (QED) is 0.696. The molecule has 3 unspecified atom stereocenters. The number of likely N-dealkylation sites (tertiary alicyclic amines) is 1. The summed E-state index contributed by atoms with van der Waals surface area (Å²) in [6.07, 6.45) is 1.65. The predicted octanol–water partition coefficient (Wildman–Crippen LogP) is 1.11. The maximum atomic E-state index is 12.3. The first-order chi connectivity index (χ1) is 9.02. The van der Waals surface area contributed by atoms with Gasteiger partial charge in [0.05, 0.1) is 25.2 Å². The van der Waals surface area contributed by atoms with E-state index in [0.717, 1.165) is 12.8 Å². The lowest BCUT2D eigenvalue weighted by Gasteiger charge is -2.28. The van der Waals surface area contributed by atoms with E-state index in [2.05, 4.69) is 0 Å². The highest BCUT2D eigenvalue weighted by molar-refractivity contribution is 5.91. The Kier molecular flexibility index (Phi) is 6.45. The Balaban J connectivity index is 2.68. The number of carbonyl (C=O) groups excluding carboxylic acids is 2. The van der Waals surface area contributed by atoms with Crippen LogP contribution in [-0.4, -0.2) is 56.6 Å². The molecule has 1 fully saturated rings. The van der Waals surface area contributed by atoms with Gasteiger partial charge in [-0.1, -0.05) is 13.8 Å². The second-order valence-electron chi connectivity index (χ2n) is 5.30. The summed E-state index contributed by atoms with van der Waals surface area (Å²) in [5.74, 6) is -0.239. The minimum Gasteiger partial charge on any atom is -0.384 e. The molecule has 1 aliphatic rings. The molecule has 5 nitrogen and oxygen atoms in total. The van der Waals surface area contributed by atoms with Crippen molar-refractivity contribution in [2.45, 2.75) is 32.7 Å². The molecule has 0 bridgehead atoms. The van der Waals surface area contributed by atoms with Crippen LogP contribution in [0.2, 0.25) is 0 Å². The van der Waals surface area contributed by atoms with Crippen LogP contribution in [0.25, 0.3) is 0 Å². The van der Waals surface area contributed by atoms with E-state index in [9.17, 15) is 9.59 Å². The molecule has 5 heteroatoms. The van der Waals surface area contributed by atoms with Crippen LogP contribution in [0.4, 0.5) is 0 Å². The second kappa shape index (κ2) is 7.60. The molecular formula is C14H25NO4. The zero-order valence-electron chi connectivity index (χ0n) is 12.3. The molecule has 1 heterocycles. The van der Waals surface area contributed by atoms with Crippen LogP contribution in [0.5, 0.6) is 0 Å². The van der Waals surface area contributed by atoms with E-state index in [1.165, 1.54) is 0 Å². The maximum absolute atomic E-state index is 12.3. The lowest BCUT2D eigenvalue weighted by molar-refractivity contribution is -0.143. The molecule has 0 aromatic rings. The zero-order chi connectivity index (χ0) is 14.4. The van der Waals surface area contributed by atoms with Crippen LogP contribution in [-0.2, 0) is 19.1 Å². The Labute approximate surface area is 115 Å². The molecule has 110 valence electrons. The Morgan fingerprint density at radius 2 is 1.74 bits per heavy atom. The third kappa shape index (κ3) is 4.01. The minimum atomic E-state index is -0.281. The van der Waals surface area contributed by atoms with Crippen molar-refractivity contribution in [2.24, 2.45) is 11.8 Å². The number of ether oxygens (including phenoxy) is 2. The van der Waals surface area contributed by atoms with Gasteiger partial charge in [0, 0.05) is 26.7 Å². The van der Waals surface area contributed by atoms with Gasteiger partial charge in [0.2, 0.25) is 5.91 Å². The van der Waals surface area contributed by atoms with Crippen molar-refractivity contribution in [2.75, 3.05) is 34.0 Å². The normalized spacial score (nSPS) is 22.3. The van der Waals surface area contributed by atoms with Gasteiger partial charge in [-0.2, -0.15) is 0 Å². The second-order valence-corrected chi connectivity index (χ2v) is 5.30. The highest BCUT2D eigenvalue weighted by atomic mass is 16.5. The monoisotopic (exact) mass is 271 g/mol. The third-order valence-corrected chi connectivity index (χ3v) is 3.60. The van der Waals surface area contributed by atoms with Crippen molar-refractivity contribution in [1.82, 2.24) is 4.90 Å². The Bertz CT molecular complexity index is 289. The molecule has 1 amide bonds. The van der Waals surface area contributed by atoms with Gasteiger partial charge in [-0.3, -0.25) is 9.59 Å². The summed E-state index contributed by atoms with van der Waals surface area (Å²) in [6.45, 7) is 5.16. The van der Waals surface area contributed by atoms with Gasteiger partial charge in [0.1, 0.15) is 0 Å². The van der Waals surface area contributed by atoms with Crippen molar-refractivity contribution in [3.05, 3.63) is 0 Å². The molecule has 0 aliphatic carbocycles.